The third-order valence-electron chi connectivity index (χ3n) is 4.46. The lowest BCUT2D eigenvalue weighted by Crippen LogP contribution is -2.11. The Morgan fingerprint density at radius 2 is 1.70 bits per heavy atom. The molecule has 1 aromatic heterocycles. The van der Waals surface area contributed by atoms with Gasteiger partial charge in [-0.25, -0.2) is 4.98 Å². The maximum atomic E-state index is 12.6. The van der Waals surface area contributed by atoms with Crippen LogP contribution >= 0.6 is 0 Å². The molecule has 0 atom stereocenters. The molecule has 30 heavy (non-hydrogen) atoms. The van der Waals surface area contributed by atoms with Crippen molar-refractivity contribution in [2.45, 2.75) is 13.8 Å². The maximum absolute atomic E-state index is 12.6. The Morgan fingerprint density at radius 1 is 0.933 bits per heavy atom. The number of fused-ring (bicyclic) bond motifs is 1. The molecule has 0 bridgehead atoms. The predicted octanol–water partition coefficient (Wildman–Crippen LogP) is 5.54. The number of nitrogens with zero attached hydrogens (tertiary/aromatic N) is 1. The highest BCUT2D eigenvalue weighted by Crippen LogP contribution is 2.28. The van der Waals surface area contributed by atoms with E-state index in [0.717, 1.165) is 11.3 Å². The molecule has 0 aliphatic rings. The minimum atomic E-state index is -0.217. The summed E-state index contributed by atoms with van der Waals surface area (Å²) in [4.78, 5) is 17.2. The van der Waals surface area contributed by atoms with Crippen LogP contribution in [0.3, 0.4) is 0 Å². The van der Waals surface area contributed by atoms with Gasteiger partial charge in [-0.3, -0.25) is 4.79 Å². The van der Waals surface area contributed by atoms with Gasteiger partial charge in [-0.15, -0.1) is 0 Å². The van der Waals surface area contributed by atoms with E-state index in [1.807, 2.05) is 44.2 Å². The molecule has 4 aromatic rings. The first-order chi connectivity index (χ1) is 14.7. The number of hydrogen-bond donors (Lipinski definition) is 1. The lowest BCUT2D eigenvalue weighted by molar-refractivity contribution is 0.102. The molecule has 3 aromatic carbocycles. The monoisotopic (exact) mass is 402 g/mol. The Kier molecular flexibility index (Phi) is 5.66. The molecule has 1 N–H and O–H groups in total. The minimum absolute atomic E-state index is 0.217. The molecule has 0 aliphatic carbocycles. The largest absolute Gasteiger partial charge is 0.494 e. The van der Waals surface area contributed by atoms with E-state index < -0.39 is 0 Å². The molecule has 0 saturated heterocycles. The number of nitrogens with one attached hydrogen (secondary N) is 1. The van der Waals surface area contributed by atoms with Gasteiger partial charge in [-0.1, -0.05) is 6.07 Å². The van der Waals surface area contributed by atoms with Crippen molar-refractivity contribution in [3.8, 4) is 23.0 Å². The van der Waals surface area contributed by atoms with Crippen molar-refractivity contribution >= 4 is 22.7 Å². The first kappa shape index (κ1) is 19.5. The smallest absolute Gasteiger partial charge is 0.255 e. The van der Waals surface area contributed by atoms with E-state index in [2.05, 4.69) is 10.3 Å². The van der Waals surface area contributed by atoms with E-state index in [0.29, 0.717) is 47.2 Å². The van der Waals surface area contributed by atoms with Crippen LogP contribution in [0.1, 0.15) is 24.2 Å². The first-order valence-electron chi connectivity index (χ1n) is 9.84. The van der Waals surface area contributed by atoms with Gasteiger partial charge in [-0.05, 0) is 74.5 Å². The zero-order chi connectivity index (χ0) is 20.9. The summed E-state index contributed by atoms with van der Waals surface area (Å²) in [7, 11) is 0. The topological polar surface area (TPSA) is 73.6 Å². The highest BCUT2D eigenvalue weighted by molar-refractivity contribution is 6.05. The fraction of sp³-hybridized carbons (Fsp3) is 0.167. The van der Waals surface area contributed by atoms with E-state index in [1.54, 1.807) is 36.4 Å². The third kappa shape index (κ3) is 4.27. The number of amides is 1. The molecule has 152 valence electrons. The first-order valence-corrected chi connectivity index (χ1v) is 9.84. The lowest BCUT2D eigenvalue weighted by atomic mass is 10.2. The Bertz CT molecular complexity index is 1170. The number of hydrogen-bond acceptors (Lipinski definition) is 5. The predicted molar refractivity (Wildman–Crippen MR) is 116 cm³/mol. The van der Waals surface area contributed by atoms with Gasteiger partial charge >= 0.3 is 0 Å². The van der Waals surface area contributed by atoms with E-state index >= 15 is 0 Å². The zero-order valence-corrected chi connectivity index (χ0v) is 16.8. The van der Waals surface area contributed by atoms with Gasteiger partial charge < -0.3 is 19.2 Å². The fourth-order valence-corrected chi connectivity index (χ4v) is 3.09. The summed E-state index contributed by atoms with van der Waals surface area (Å²) < 4.78 is 16.8. The second-order valence-corrected chi connectivity index (χ2v) is 6.57. The summed E-state index contributed by atoms with van der Waals surface area (Å²) in [5.74, 6) is 1.76. The van der Waals surface area contributed by atoms with Gasteiger partial charge in [0.25, 0.3) is 5.91 Å². The standard InChI is InChI=1S/C24H22N2O4/c1-3-28-19-11-8-16(9-12-19)24-26-21-15-18(10-13-22(21)30-24)25-23(27)17-6-5-7-20(14-17)29-4-2/h5-15H,3-4H2,1-2H3,(H,25,27). The van der Waals surface area contributed by atoms with Crippen LogP contribution in [-0.2, 0) is 0 Å². The fourth-order valence-electron chi connectivity index (χ4n) is 3.09. The van der Waals surface area contributed by atoms with Crippen molar-refractivity contribution in [2.75, 3.05) is 18.5 Å². The van der Waals surface area contributed by atoms with Gasteiger partial charge in [0.15, 0.2) is 5.58 Å². The molecule has 0 saturated carbocycles. The van der Waals surface area contributed by atoms with Gasteiger partial charge in [0.2, 0.25) is 5.89 Å². The summed E-state index contributed by atoms with van der Waals surface area (Å²) in [6.45, 7) is 5.01. The summed E-state index contributed by atoms with van der Waals surface area (Å²) in [6.07, 6.45) is 0. The molecular weight excluding hydrogens is 380 g/mol. The number of anilines is 1. The molecule has 6 nitrogen and oxygen atoms in total. The van der Waals surface area contributed by atoms with Crippen LogP contribution in [0.15, 0.2) is 71.1 Å². The average Bonchev–Trinajstić information content (AvgIpc) is 3.18. The van der Waals surface area contributed by atoms with Crippen LogP contribution < -0.4 is 14.8 Å². The summed E-state index contributed by atoms with van der Waals surface area (Å²) >= 11 is 0. The summed E-state index contributed by atoms with van der Waals surface area (Å²) in [5, 5.41) is 2.90. The molecule has 0 aliphatic heterocycles. The van der Waals surface area contributed by atoms with Crippen LogP contribution in [0.5, 0.6) is 11.5 Å². The zero-order valence-electron chi connectivity index (χ0n) is 16.8. The molecule has 4 rings (SSSR count). The van der Waals surface area contributed by atoms with Crippen molar-refractivity contribution in [1.82, 2.24) is 4.98 Å². The van der Waals surface area contributed by atoms with Crippen LogP contribution in [0.4, 0.5) is 5.69 Å². The van der Waals surface area contributed by atoms with Gasteiger partial charge in [0.1, 0.15) is 17.0 Å². The molecule has 0 fully saturated rings. The van der Waals surface area contributed by atoms with Crippen molar-refractivity contribution in [1.29, 1.82) is 0 Å². The molecule has 1 amide bonds. The highest BCUT2D eigenvalue weighted by atomic mass is 16.5. The van der Waals surface area contributed by atoms with E-state index in [4.69, 9.17) is 13.9 Å². The Morgan fingerprint density at radius 3 is 2.47 bits per heavy atom. The SMILES string of the molecule is CCOc1ccc(-c2nc3cc(NC(=O)c4cccc(OCC)c4)ccc3o2)cc1. The van der Waals surface area contributed by atoms with Gasteiger partial charge in [0.05, 0.1) is 13.2 Å². The quantitative estimate of drug-likeness (QED) is 0.439. The van der Waals surface area contributed by atoms with E-state index in [-0.39, 0.29) is 5.91 Å². The molecule has 0 unspecified atom stereocenters. The van der Waals surface area contributed by atoms with Crippen molar-refractivity contribution in [3.05, 3.63) is 72.3 Å². The van der Waals surface area contributed by atoms with Crippen LogP contribution in [0.25, 0.3) is 22.6 Å². The number of carbonyl (C=O) groups is 1. The van der Waals surface area contributed by atoms with Crippen molar-refractivity contribution < 1.29 is 18.7 Å². The van der Waals surface area contributed by atoms with Crippen LogP contribution in [0, 0.1) is 0 Å². The Labute approximate surface area is 174 Å². The molecule has 0 spiro atoms. The second-order valence-electron chi connectivity index (χ2n) is 6.57. The van der Waals surface area contributed by atoms with Crippen molar-refractivity contribution in [2.24, 2.45) is 0 Å². The number of rotatable bonds is 7. The van der Waals surface area contributed by atoms with E-state index in [1.165, 1.54) is 0 Å². The molecule has 1 heterocycles. The van der Waals surface area contributed by atoms with Crippen molar-refractivity contribution in [3.63, 3.8) is 0 Å². The second kappa shape index (κ2) is 8.69. The van der Waals surface area contributed by atoms with Gasteiger partial charge in [0, 0.05) is 16.8 Å². The minimum Gasteiger partial charge on any atom is -0.494 e. The normalized spacial score (nSPS) is 10.7. The number of oxazole rings is 1. The van der Waals surface area contributed by atoms with Crippen LogP contribution in [0.2, 0.25) is 0 Å². The third-order valence-corrected chi connectivity index (χ3v) is 4.46. The Hall–Kier alpha value is -3.80. The number of aromatic nitrogens is 1. The molecule has 0 radical (unpaired) electrons. The van der Waals surface area contributed by atoms with Gasteiger partial charge in [-0.2, -0.15) is 0 Å². The molecule has 6 heteroatoms. The Balaban J connectivity index is 1.53. The summed E-state index contributed by atoms with van der Waals surface area (Å²) in [6, 6.07) is 20.1. The average molecular weight is 402 g/mol. The molecular formula is C24H22N2O4. The number of benzene rings is 3. The maximum Gasteiger partial charge on any atom is 0.255 e. The number of ether oxygens (including phenoxy) is 2. The lowest BCUT2D eigenvalue weighted by Gasteiger charge is -2.07. The summed E-state index contributed by atoms with van der Waals surface area (Å²) in [5.41, 5.74) is 3.33. The highest BCUT2D eigenvalue weighted by Gasteiger charge is 2.12. The van der Waals surface area contributed by atoms with Crippen LogP contribution in [-0.4, -0.2) is 24.1 Å². The number of carbonyl (C=O) groups excluding carboxylic acids is 1. The van der Waals surface area contributed by atoms with E-state index in [9.17, 15) is 4.79 Å².